The Bertz CT molecular complexity index is 334. The third-order valence-corrected chi connectivity index (χ3v) is 4.44. The van der Waals surface area contributed by atoms with Crippen LogP contribution in [0.4, 0.5) is 0 Å². The van der Waals surface area contributed by atoms with E-state index in [9.17, 15) is 13.2 Å². The van der Waals surface area contributed by atoms with Crippen molar-refractivity contribution in [3.05, 3.63) is 0 Å². The monoisotopic (exact) mass is 249 g/mol. The van der Waals surface area contributed by atoms with Crippen LogP contribution in [0.15, 0.2) is 0 Å². The number of carbonyl (C=O) groups is 1. The van der Waals surface area contributed by atoms with Crippen LogP contribution in [-0.4, -0.2) is 58.2 Å². The first-order valence-corrected chi connectivity index (χ1v) is 6.87. The number of hydrogen-bond donors (Lipinski definition) is 2. The minimum atomic E-state index is -3.37. The van der Waals surface area contributed by atoms with E-state index in [1.54, 1.807) is 14.1 Å². The molecule has 0 aromatic carbocycles. The molecule has 6 nitrogen and oxygen atoms in total. The molecule has 0 saturated carbocycles. The lowest BCUT2D eigenvalue weighted by atomic mass is 10.2. The number of likely N-dealkylation sites (N-methyl/N-ethyl adjacent to an activating group) is 1. The van der Waals surface area contributed by atoms with Crippen LogP contribution in [0.3, 0.4) is 0 Å². The van der Waals surface area contributed by atoms with E-state index in [4.69, 9.17) is 0 Å². The maximum Gasteiger partial charge on any atom is 0.237 e. The van der Waals surface area contributed by atoms with Gasteiger partial charge in [-0.15, -0.1) is 0 Å². The van der Waals surface area contributed by atoms with Crippen molar-refractivity contribution in [2.45, 2.75) is 18.1 Å². The van der Waals surface area contributed by atoms with Crippen LogP contribution in [-0.2, 0) is 14.8 Å². The van der Waals surface area contributed by atoms with Crippen molar-refractivity contribution in [2.75, 3.05) is 33.7 Å². The van der Waals surface area contributed by atoms with Crippen molar-refractivity contribution < 1.29 is 13.2 Å². The van der Waals surface area contributed by atoms with E-state index in [-0.39, 0.29) is 12.5 Å². The number of nitrogens with zero attached hydrogens (tertiary/aromatic N) is 1. The summed E-state index contributed by atoms with van der Waals surface area (Å²) < 4.78 is 25.9. The highest BCUT2D eigenvalue weighted by atomic mass is 32.2. The summed E-state index contributed by atoms with van der Waals surface area (Å²) in [6, 6.07) is 0. The molecular weight excluding hydrogens is 230 g/mol. The van der Waals surface area contributed by atoms with Gasteiger partial charge in [-0.3, -0.25) is 4.79 Å². The predicted molar refractivity (Wildman–Crippen MR) is 61.5 cm³/mol. The second-order valence-electron chi connectivity index (χ2n) is 4.12. The van der Waals surface area contributed by atoms with E-state index in [1.807, 2.05) is 0 Å². The van der Waals surface area contributed by atoms with Gasteiger partial charge >= 0.3 is 0 Å². The summed E-state index contributed by atoms with van der Waals surface area (Å²) in [5, 5.41) is 2.62. The van der Waals surface area contributed by atoms with Crippen LogP contribution < -0.4 is 10.0 Å². The molecule has 1 saturated heterocycles. The molecule has 1 aliphatic rings. The molecule has 0 aromatic heterocycles. The normalized spacial score (nSPS) is 21.8. The van der Waals surface area contributed by atoms with E-state index in [1.165, 1.54) is 4.90 Å². The van der Waals surface area contributed by atoms with Gasteiger partial charge in [-0.2, -0.15) is 0 Å². The average molecular weight is 249 g/mol. The van der Waals surface area contributed by atoms with Gasteiger partial charge in [0.1, 0.15) is 0 Å². The van der Waals surface area contributed by atoms with E-state index in [0.29, 0.717) is 13.0 Å². The Hall–Kier alpha value is -0.660. The van der Waals surface area contributed by atoms with Crippen molar-refractivity contribution in [3.63, 3.8) is 0 Å². The van der Waals surface area contributed by atoms with Crippen LogP contribution in [0.25, 0.3) is 0 Å². The number of carbonyl (C=O) groups excluding carboxylic acids is 1. The molecule has 2 N–H and O–H groups in total. The van der Waals surface area contributed by atoms with Crippen molar-refractivity contribution in [1.82, 2.24) is 14.9 Å². The van der Waals surface area contributed by atoms with Crippen molar-refractivity contribution in [1.29, 1.82) is 0 Å². The Labute approximate surface area is 96.4 Å². The standard InChI is InChI=1S/C9H19N3O3S/c1-12(2)9(13)7-11-16(14,15)8-4-3-5-10-6-8/h8,10-11H,3-7H2,1-2H3. The number of piperidine rings is 1. The van der Waals surface area contributed by atoms with Crippen LogP contribution in [0.1, 0.15) is 12.8 Å². The van der Waals surface area contributed by atoms with Crippen molar-refractivity contribution in [2.24, 2.45) is 0 Å². The molecule has 16 heavy (non-hydrogen) atoms. The molecule has 1 unspecified atom stereocenters. The number of rotatable bonds is 4. The largest absolute Gasteiger partial charge is 0.348 e. The van der Waals surface area contributed by atoms with Crippen molar-refractivity contribution in [3.8, 4) is 0 Å². The van der Waals surface area contributed by atoms with Gasteiger partial charge in [0.25, 0.3) is 0 Å². The van der Waals surface area contributed by atoms with Gasteiger partial charge in [-0.05, 0) is 19.4 Å². The number of nitrogens with one attached hydrogen (secondary N) is 2. The number of hydrogen-bond acceptors (Lipinski definition) is 4. The predicted octanol–water partition coefficient (Wildman–Crippen LogP) is -1.25. The smallest absolute Gasteiger partial charge is 0.237 e. The SMILES string of the molecule is CN(C)C(=O)CNS(=O)(=O)C1CCCNC1. The minimum Gasteiger partial charge on any atom is -0.348 e. The summed E-state index contributed by atoms with van der Waals surface area (Å²) >= 11 is 0. The third kappa shape index (κ3) is 3.73. The van der Waals surface area contributed by atoms with Gasteiger partial charge in [0.2, 0.25) is 15.9 Å². The lowest BCUT2D eigenvalue weighted by Crippen LogP contribution is -2.46. The first-order chi connectivity index (χ1) is 7.43. The first kappa shape index (κ1) is 13.4. The molecule has 1 fully saturated rings. The van der Waals surface area contributed by atoms with Gasteiger partial charge in [-0.25, -0.2) is 13.1 Å². The molecule has 1 aliphatic heterocycles. The molecule has 1 rings (SSSR count). The molecule has 0 bridgehead atoms. The van der Waals surface area contributed by atoms with E-state index >= 15 is 0 Å². The van der Waals surface area contributed by atoms with Crippen LogP contribution >= 0.6 is 0 Å². The summed E-state index contributed by atoms with van der Waals surface area (Å²) in [6.45, 7) is 1.17. The Kier molecular flexibility index (Phi) is 4.69. The average Bonchev–Trinajstić information content (AvgIpc) is 2.27. The molecule has 1 atom stereocenters. The fourth-order valence-electron chi connectivity index (χ4n) is 1.52. The quantitative estimate of drug-likeness (QED) is 0.652. The highest BCUT2D eigenvalue weighted by molar-refractivity contribution is 7.90. The summed E-state index contributed by atoms with van der Waals surface area (Å²) in [5.41, 5.74) is 0. The molecule has 0 spiro atoms. The molecule has 7 heteroatoms. The van der Waals surface area contributed by atoms with E-state index < -0.39 is 15.3 Å². The highest BCUT2D eigenvalue weighted by Crippen LogP contribution is 2.09. The summed E-state index contributed by atoms with van der Waals surface area (Å²) in [5.74, 6) is -0.243. The molecule has 0 aromatic rings. The lowest BCUT2D eigenvalue weighted by molar-refractivity contribution is -0.127. The summed E-state index contributed by atoms with van der Waals surface area (Å²) in [6.07, 6.45) is 1.51. The van der Waals surface area contributed by atoms with Gasteiger partial charge in [0.15, 0.2) is 0 Å². The van der Waals surface area contributed by atoms with Crippen molar-refractivity contribution >= 4 is 15.9 Å². The molecule has 0 radical (unpaired) electrons. The van der Waals surface area contributed by atoms with Crippen LogP contribution in [0.2, 0.25) is 0 Å². The van der Waals surface area contributed by atoms with Crippen LogP contribution in [0.5, 0.6) is 0 Å². The molecule has 94 valence electrons. The molecular formula is C9H19N3O3S. The summed E-state index contributed by atoms with van der Waals surface area (Å²) in [4.78, 5) is 12.6. The first-order valence-electron chi connectivity index (χ1n) is 5.33. The summed E-state index contributed by atoms with van der Waals surface area (Å²) in [7, 11) is -0.180. The molecule has 0 aliphatic carbocycles. The maximum atomic E-state index is 11.8. The Morgan fingerprint density at radius 1 is 1.50 bits per heavy atom. The zero-order valence-electron chi connectivity index (χ0n) is 9.69. The molecule has 1 amide bonds. The zero-order valence-corrected chi connectivity index (χ0v) is 10.5. The topological polar surface area (TPSA) is 78.5 Å². The number of amides is 1. The van der Waals surface area contributed by atoms with Gasteiger partial charge in [0.05, 0.1) is 11.8 Å². The Balaban J connectivity index is 2.48. The highest BCUT2D eigenvalue weighted by Gasteiger charge is 2.27. The lowest BCUT2D eigenvalue weighted by Gasteiger charge is -2.23. The fraction of sp³-hybridized carbons (Fsp3) is 0.889. The zero-order chi connectivity index (χ0) is 12.2. The van der Waals surface area contributed by atoms with Crippen LogP contribution in [0, 0.1) is 0 Å². The Morgan fingerprint density at radius 2 is 2.19 bits per heavy atom. The van der Waals surface area contributed by atoms with Gasteiger partial charge in [0, 0.05) is 20.6 Å². The fourth-order valence-corrected chi connectivity index (χ4v) is 2.90. The second kappa shape index (κ2) is 5.60. The maximum absolute atomic E-state index is 11.8. The molecule has 1 heterocycles. The minimum absolute atomic E-state index is 0.161. The van der Waals surface area contributed by atoms with Gasteiger partial charge in [-0.1, -0.05) is 0 Å². The van der Waals surface area contributed by atoms with Gasteiger partial charge < -0.3 is 10.2 Å². The Morgan fingerprint density at radius 3 is 2.69 bits per heavy atom. The third-order valence-electron chi connectivity index (χ3n) is 2.61. The van der Waals surface area contributed by atoms with E-state index in [2.05, 4.69) is 10.0 Å². The number of sulfonamides is 1. The second-order valence-corrected chi connectivity index (χ2v) is 6.17. The van der Waals surface area contributed by atoms with E-state index in [0.717, 1.165) is 13.0 Å².